The van der Waals surface area contributed by atoms with Gasteiger partial charge in [0.15, 0.2) is 0 Å². The Labute approximate surface area is 112 Å². The molecule has 0 amide bonds. The van der Waals surface area contributed by atoms with Gasteiger partial charge in [-0.1, -0.05) is 20.8 Å². The van der Waals surface area contributed by atoms with E-state index in [4.69, 9.17) is 4.74 Å². The SMILES string of the molecule is CCN(CC1(CNC(C)C)CCOCC1)C1CC1. The van der Waals surface area contributed by atoms with Crippen molar-refractivity contribution < 1.29 is 4.74 Å². The maximum absolute atomic E-state index is 5.58. The van der Waals surface area contributed by atoms with Crippen LogP contribution in [-0.2, 0) is 4.74 Å². The van der Waals surface area contributed by atoms with Gasteiger partial charge in [-0.05, 0) is 37.6 Å². The molecule has 2 rings (SSSR count). The van der Waals surface area contributed by atoms with Crippen LogP contribution in [-0.4, -0.2) is 49.8 Å². The summed E-state index contributed by atoms with van der Waals surface area (Å²) in [5.74, 6) is 0. The van der Waals surface area contributed by atoms with Gasteiger partial charge in [-0.25, -0.2) is 0 Å². The van der Waals surface area contributed by atoms with Gasteiger partial charge >= 0.3 is 0 Å². The number of hydrogen-bond acceptors (Lipinski definition) is 3. The molecule has 1 heterocycles. The molecule has 0 atom stereocenters. The summed E-state index contributed by atoms with van der Waals surface area (Å²) in [5.41, 5.74) is 0.446. The number of nitrogens with zero attached hydrogens (tertiary/aromatic N) is 1. The Morgan fingerprint density at radius 1 is 1.28 bits per heavy atom. The first-order chi connectivity index (χ1) is 8.65. The standard InChI is InChI=1S/C15H30N2O/c1-4-17(14-5-6-14)12-15(11-16-13(2)3)7-9-18-10-8-15/h13-14,16H,4-12H2,1-3H3. The summed E-state index contributed by atoms with van der Waals surface area (Å²) in [4.78, 5) is 2.70. The average Bonchev–Trinajstić information content (AvgIpc) is 3.19. The van der Waals surface area contributed by atoms with E-state index in [0.717, 1.165) is 25.8 Å². The van der Waals surface area contributed by atoms with Crippen LogP contribution in [0.5, 0.6) is 0 Å². The molecule has 3 heteroatoms. The van der Waals surface area contributed by atoms with E-state index in [9.17, 15) is 0 Å². The van der Waals surface area contributed by atoms with Crippen molar-refractivity contribution >= 4 is 0 Å². The molecule has 1 saturated heterocycles. The number of hydrogen-bond donors (Lipinski definition) is 1. The molecule has 0 bridgehead atoms. The Morgan fingerprint density at radius 3 is 2.44 bits per heavy atom. The van der Waals surface area contributed by atoms with Crippen LogP contribution in [0.15, 0.2) is 0 Å². The first-order valence-electron chi connectivity index (χ1n) is 7.70. The van der Waals surface area contributed by atoms with Crippen molar-refractivity contribution in [1.82, 2.24) is 10.2 Å². The molecule has 0 unspecified atom stereocenters. The predicted octanol–water partition coefficient (Wildman–Crippen LogP) is 2.27. The number of ether oxygens (including phenoxy) is 1. The van der Waals surface area contributed by atoms with Crippen molar-refractivity contribution in [3.63, 3.8) is 0 Å². The lowest BCUT2D eigenvalue weighted by molar-refractivity contribution is -0.00586. The Kier molecular flexibility index (Phi) is 5.05. The third kappa shape index (κ3) is 3.94. The molecule has 1 N–H and O–H groups in total. The van der Waals surface area contributed by atoms with E-state index >= 15 is 0 Å². The fourth-order valence-corrected chi connectivity index (χ4v) is 2.99. The van der Waals surface area contributed by atoms with Crippen molar-refractivity contribution in [2.45, 2.75) is 58.5 Å². The third-order valence-corrected chi connectivity index (χ3v) is 4.45. The fraction of sp³-hybridized carbons (Fsp3) is 1.00. The lowest BCUT2D eigenvalue weighted by Gasteiger charge is -2.41. The Balaban J connectivity index is 1.93. The molecule has 1 aliphatic carbocycles. The summed E-state index contributed by atoms with van der Waals surface area (Å²) in [6, 6.07) is 1.47. The van der Waals surface area contributed by atoms with E-state index < -0.39 is 0 Å². The van der Waals surface area contributed by atoms with Gasteiger partial charge in [0.1, 0.15) is 0 Å². The quantitative estimate of drug-likeness (QED) is 0.754. The lowest BCUT2D eigenvalue weighted by Crippen LogP contribution is -2.49. The van der Waals surface area contributed by atoms with Crippen LogP contribution in [0, 0.1) is 5.41 Å². The second-order valence-electron chi connectivity index (χ2n) is 6.44. The van der Waals surface area contributed by atoms with Gasteiger partial charge in [0.25, 0.3) is 0 Å². The molecule has 3 nitrogen and oxygen atoms in total. The van der Waals surface area contributed by atoms with Crippen LogP contribution in [0.25, 0.3) is 0 Å². The molecule has 2 aliphatic rings. The van der Waals surface area contributed by atoms with Crippen molar-refractivity contribution in [1.29, 1.82) is 0 Å². The van der Waals surface area contributed by atoms with Crippen LogP contribution in [0.1, 0.15) is 46.5 Å². The van der Waals surface area contributed by atoms with Gasteiger partial charge in [-0.15, -0.1) is 0 Å². The van der Waals surface area contributed by atoms with E-state index in [0.29, 0.717) is 11.5 Å². The fourth-order valence-electron chi connectivity index (χ4n) is 2.99. The minimum atomic E-state index is 0.446. The van der Waals surface area contributed by atoms with Crippen LogP contribution < -0.4 is 5.32 Å². The highest BCUT2D eigenvalue weighted by Gasteiger charge is 2.38. The zero-order valence-electron chi connectivity index (χ0n) is 12.4. The zero-order chi connectivity index (χ0) is 13.0. The molecule has 0 spiro atoms. The summed E-state index contributed by atoms with van der Waals surface area (Å²) < 4.78 is 5.58. The molecule has 0 aromatic carbocycles. The zero-order valence-corrected chi connectivity index (χ0v) is 12.4. The van der Waals surface area contributed by atoms with Gasteiger partial charge in [-0.2, -0.15) is 0 Å². The first kappa shape index (κ1) is 14.3. The van der Waals surface area contributed by atoms with Crippen molar-refractivity contribution in [3.05, 3.63) is 0 Å². The summed E-state index contributed by atoms with van der Waals surface area (Å²) in [6.07, 6.45) is 5.27. The molecule has 18 heavy (non-hydrogen) atoms. The summed E-state index contributed by atoms with van der Waals surface area (Å²) in [6.45, 7) is 12.3. The molecular formula is C15H30N2O. The predicted molar refractivity (Wildman–Crippen MR) is 75.9 cm³/mol. The molecule has 0 radical (unpaired) electrons. The topological polar surface area (TPSA) is 24.5 Å². The highest BCUT2D eigenvalue weighted by molar-refractivity contribution is 4.92. The monoisotopic (exact) mass is 254 g/mol. The third-order valence-electron chi connectivity index (χ3n) is 4.45. The summed E-state index contributed by atoms with van der Waals surface area (Å²) in [5, 5.41) is 3.66. The summed E-state index contributed by atoms with van der Waals surface area (Å²) in [7, 11) is 0. The van der Waals surface area contributed by atoms with E-state index in [2.05, 4.69) is 31.0 Å². The maximum Gasteiger partial charge on any atom is 0.0472 e. The molecule has 0 aromatic heterocycles. The molecule has 1 aliphatic heterocycles. The summed E-state index contributed by atoms with van der Waals surface area (Å²) >= 11 is 0. The molecule has 2 fully saturated rings. The Hall–Kier alpha value is -0.120. The van der Waals surface area contributed by atoms with E-state index in [1.165, 1.54) is 38.8 Å². The second-order valence-corrected chi connectivity index (χ2v) is 6.44. The van der Waals surface area contributed by atoms with Crippen molar-refractivity contribution in [2.75, 3.05) is 32.8 Å². The normalized spacial score (nSPS) is 23.8. The van der Waals surface area contributed by atoms with Crippen molar-refractivity contribution in [3.8, 4) is 0 Å². The van der Waals surface area contributed by atoms with E-state index in [-0.39, 0.29) is 0 Å². The van der Waals surface area contributed by atoms with Gasteiger partial charge in [0.05, 0.1) is 0 Å². The number of rotatable bonds is 7. The smallest absolute Gasteiger partial charge is 0.0472 e. The largest absolute Gasteiger partial charge is 0.381 e. The Morgan fingerprint density at radius 2 is 1.94 bits per heavy atom. The second kappa shape index (κ2) is 6.36. The van der Waals surface area contributed by atoms with E-state index in [1.54, 1.807) is 0 Å². The maximum atomic E-state index is 5.58. The van der Waals surface area contributed by atoms with Gasteiger partial charge in [-0.3, -0.25) is 0 Å². The highest BCUT2D eigenvalue weighted by Crippen LogP contribution is 2.35. The minimum absolute atomic E-state index is 0.446. The highest BCUT2D eigenvalue weighted by atomic mass is 16.5. The Bertz CT molecular complexity index is 245. The van der Waals surface area contributed by atoms with Crippen LogP contribution in [0.3, 0.4) is 0 Å². The van der Waals surface area contributed by atoms with Crippen LogP contribution in [0.2, 0.25) is 0 Å². The number of nitrogens with one attached hydrogen (secondary N) is 1. The first-order valence-corrected chi connectivity index (χ1v) is 7.70. The van der Waals surface area contributed by atoms with Crippen molar-refractivity contribution in [2.24, 2.45) is 5.41 Å². The molecule has 0 aromatic rings. The van der Waals surface area contributed by atoms with Crippen LogP contribution in [0.4, 0.5) is 0 Å². The van der Waals surface area contributed by atoms with Gasteiger partial charge in [0.2, 0.25) is 0 Å². The molecule has 106 valence electrons. The van der Waals surface area contributed by atoms with Crippen LogP contribution >= 0.6 is 0 Å². The van der Waals surface area contributed by atoms with Gasteiger partial charge < -0.3 is 15.0 Å². The van der Waals surface area contributed by atoms with Gasteiger partial charge in [0, 0.05) is 38.4 Å². The van der Waals surface area contributed by atoms with E-state index in [1.807, 2.05) is 0 Å². The molecule has 1 saturated carbocycles. The average molecular weight is 254 g/mol. The lowest BCUT2D eigenvalue weighted by atomic mass is 9.79. The molecular weight excluding hydrogens is 224 g/mol. The minimum Gasteiger partial charge on any atom is -0.381 e.